The maximum Gasteiger partial charge on any atom is 0.153 e. The molecule has 2 unspecified atom stereocenters. The molecule has 1 fully saturated rings. The minimum atomic E-state index is -2.77. The van der Waals surface area contributed by atoms with Crippen LogP contribution in [0.1, 0.15) is 33.1 Å². The third-order valence-corrected chi connectivity index (χ3v) is 5.40. The summed E-state index contributed by atoms with van der Waals surface area (Å²) in [6.45, 7) is 6.73. The van der Waals surface area contributed by atoms with Crippen molar-refractivity contribution in [1.29, 1.82) is 0 Å². The molecular weight excluding hydrogens is 236 g/mol. The van der Waals surface area contributed by atoms with Gasteiger partial charge in [0, 0.05) is 12.6 Å². The molecule has 0 aliphatic carbocycles. The van der Waals surface area contributed by atoms with E-state index < -0.39 is 9.84 Å². The van der Waals surface area contributed by atoms with Crippen LogP contribution in [0.15, 0.2) is 0 Å². The van der Waals surface area contributed by atoms with Crippen LogP contribution in [0.5, 0.6) is 0 Å². The molecule has 17 heavy (non-hydrogen) atoms. The van der Waals surface area contributed by atoms with Crippen LogP contribution in [-0.4, -0.2) is 50.5 Å². The quantitative estimate of drug-likeness (QED) is 0.771. The summed E-state index contributed by atoms with van der Waals surface area (Å²) in [6.07, 6.45) is 3.42. The van der Waals surface area contributed by atoms with Crippen molar-refractivity contribution in [3.63, 3.8) is 0 Å². The molecule has 4 nitrogen and oxygen atoms in total. The number of nitrogens with two attached hydrogens (primary N) is 1. The van der Waals surface area contributed by atoms with Crippen LogP contribution < -0.4 is 5.73 Å². The van der Waals surface area contributed by atoms with Gasteiger partial charge in [-0.05, 0) is 45.2 Å². The van der Waals surface area contributed by atoms with Crippen LogP contribution in [-0.2, 0) is 9.84 Å². The molecule has 0 aromatic carbocycles. The Labute approximate surface area is 105 Å². The predicted molar refractivity (Wildman–Crippen MR) is 71.8 cm³/mol. The van der Waals surface area contributed by atoms with E-state index in [-0.39, 0.29) is 6.04 Å². The molecule has 0 bridgehead atoms. The summed E-state index contributed by atoms with van der Waals surface area (Å²) in [5.74, 6) is 1.34. The van der Waals surface area contributed by atoms with Gasteiger partial charge in [0.1, 0.15) is 0 Å². The van der Waals surface area contributed by atoms with Crippen molar-refractivity contribution in [2.75, 3.05) is 31.1 Å². The van der Waals surface area contributed by atoms with E-state index in [1.165, 1.54) is 6.42 Å². The van der Waals surface area contributed by atoms with E-state index in [0.717, 1.165) is 25.9 Å². The molecule has 0 saturated carbocycles. The van der Waals surface area contributed by atoms with Gasteiger partial charge in [0.25, 0.3) is 0 Å². The van der Waals surface area contributed by atoms with Crippen LogP contribution in [0, 0.1) is 5.92 Å². The fourth-order valence-electron chi connectivity index (χ4n) is 2.44. The fourth-order valence-corrected chi connectivity index (χ4v) is 4.06. The first-order valence-corrected chi connectivity index (χ1v) is 8.41. The first-order chi connectivity index (χ1) is 7.94. The van der Waals surface area contributed by atoms with Gasteiger partial charge in [-0.2, -0.15) is 0 Å². The molecule has 0 aromatic heterocycles. The smallest absolute Gasteiger partial charge is 0.153 e. The summed E-state index contributed by atoms with van der Waals surface area (Å²) in [5, 5.41) is 0. The topological polar surface area (TPSA) is 63.4 Å². The second-order valence-corrected chi connectivity index (χ2v) is 7.55. The van der Waals surface area contributed by atoms with Gasteiger partial charge in [0.15, 0.2) is 9.84 Å². The Morgan fingerprint density at radius 2 is 2.12 bits per heavy atom. The molecule has 2 N–H and O–H groups in total. The van der Waals surface area contributed by atoms with Crippen molar-refractivity contribution in [1.82, 2.24) is 4.90 Å². The molecule has 0 radical (unpaired) electrons. The van der Waals surface area contributed by atoms with Crippen LogP contribution in [0.25, 0.3) is 0 Å². The van der Waals surface area contributed by atoms with Gasteiger partial charge >= 0.3 is 0 Å². The van der Waals surface area contributed by atoms with Gasteiger partial charge < -0.3 is 5.73 Å². The number of nitrogens with zero attached hydrogens (tertiary/aromatic N) is 1. The van der Waals surface area contributed by atoms with E-state index in [1.807, 2.05) is 6.92 Å². The monoisotopic (exact) mass is 262 g/mol. The highest BCUT2D eigenvalue weighted by molar-refractivity contribution is 7.91. The largest absolute Gasteiger partial charge is 0.330 e. The zero-order valence-electron chi connectivity index (χ0n) is 11.1. The van der Waals surface area contributed by atoms with Gasteiger partial charge in [-0.1, -0.05) is 6.92 Å². The second-order valence-electron chi connectivity index (χ2n) is 5.32. The Kier molecular flexibility index (Phi) is 5.89. The van der Waals surface area contributed by atoms with Crippen molar-refractivity contribution in [2.45, 2.75) is 39.2 Å². The fraction of sp³-hybridized carbons (Fsp3) is 1.00. The van der Waals surface area contributed by atoms with Gasteiger partial charge in [-0.3, -0.25) is 4.90 Å². The van der Waals surface area contributed by atoms with Gasteiger partial charge in [-0.25, -0.2) is 8.42 Å². The summed E-state index contributed by atoms with van der Waals surface area (Å²) in [7, 11) is -2.77. The first-order valence-electron chi connectivity index (χ1n) is 6.59. The van der Waals surface area contributed by atoms with Crippen molar-refractivity contribution in [3.8, 4) is 0 Å². The highest BCUT2D eigenvalue weighted by atomic mass is 32.2. The van der Waals surface area contributed by atoms with Crippen LogP contribution in [0.2, 0.25) is 0 Å². The summed E-state index contributed by atoms with van der Waals surface area (Å²) >= 11 is 0. The summed E-state index contributed by atoms with van der Waals surface area (Å²) < 4.78 is 22.9. The standard InChI is InChI=1S/C12H26N2O2S/c1-11(5-6-13)4-3-7-14-8-9-17(15,16)10-12(14)2/h11-12H,3-10,13H2,1-2H3. The van der Waals surface area contributed by atoms with E-state index in [9.17, 15) is 8.42 Å². The molecular formula is C12H26N2O2S. The minimum Gasteiger partial charge on any atom is -0.330 e. The molecule has 0 aromatic rings. The third kappa shape index (κ3) is 5.36. The Balaban J connectivity index is 2.24. The average Bonchev–Trinajstić information content (AvgIpc) is 2.21. The zero-order valence-corrected chi connectivity index (χ0v) is 11.9. The summed E-state index contributed by atoms with van der Waals surface area (Å²) in [5.41, 5.74) is 5.52. The van der Waals surface area contributed by atoms with Crippen molar-refractivity contribution >= 4 is 9.84 Å². The van der Waals surface area contributed by atoms with Crippen molar-refractivity contribution in [3.05, 3.63) is 0 Å². The Morgan fingerprint density at radius 3 is 2.71 bits per heavy atom. The zero-order chi connectivity index (χ0) is 12.9. The first kappa shape index (κ1) is 14.9. The minimum absolute atomic E-state index is 0.179. The van der Waals surface area contributed by atoms with Gasteiger partial charge in [-0.15, -0.1) is 0 Å². The molecule has 1 aliphatic rings. The second kappa shape index (κ2) is 6.71. The average molecular weight is 262 g/mol. The van der Waals surface area contributed by atoms with Crippen molar-refractivity contribution < 1.29 is 8.42 Å². The van der Waals surface area contributed by atoms with E-state index in [1.54, 1.807) is 0 Å². The molecule has 1 aliphatic heterocycles. The third-order valence-electron chi connectivity index (χ3n) is 3.61. The number of hydrogen-bond acceptors (Lipinski definition) is 4. The van der Waals surface area contributed by atoms with E-state index in [2.05, 4.69) is 11.8 Å². The number of hydrogen-bond donors (Lipinski definition) is 1. The summed E-state index contributed by atoms with van der Waals surface area (Å²) in [6, 6.07) is 0.179. The molecule has 5 heteroatoms. The molecule has 0 spiro atoms. The van der Waals surface area contributed by atoms with Crippen molar-refractivity contribution in [2.24, 2.45) is 11.7 Å². The molecule has 1 heterocycles. The number of sulfone groups is 1. The van der Waals surface area contributed by atoms with Crippen LogP contribution in [0.4, 0.5) is 0 Å². The Bertz CT molecular complexity index is 316. The normalized spacial score (nSPS) is 26.9. The van der Waals surface area contributed by atoms with E-state index >= 15 is 0 Å². The predicted octanol–water partition coefficient (Wildman–Crippen LogP) is 0.870. The van der Waals surface area contributed by atoms with E-state index in [0.29, 0.717) is 24.0 Å². The lowest BCUT2D eigenvalue weighted by Gasteiger charge is -2.33. The van der Waals surface area contributed by atoms with E-state index in [4.69, 9.17) is 5.73 Å². The molecule has 102 valence electrons. The van der Waals surface area contributed by atoms with Gasteiger partial charge in [0.2, 0.25) is 0 Å². The SMILES string of the molecule is CC(CCN)CCCN1CCS(=O)(=O)CC1C. The van der Waals surface area contributed by atoms with Crippen LogP contribution in [0.3, 0.4) is 0 Å². The maximum atomic E-state index is 11.4. The van der Waals surface area contributed by atoms with Crippen LogP contribution >= 0.6 is 0 Å². The maximum absolute atomic E-state index is 11.4. The lowest BCUT2D eigenvalue weighted by atomic mass is 10.0. The lowest BCUT2D eigenvalue weighted by Crippen LogP contribution is -2.47. The lowest BCUT2D eigenvalue weighted by molar-refractivity contribution is 0.217. The van der Waals surface area contributed by atoms with Gasteiger partial charge in [0.05, 0.1) is 11.5 Å². The Hall–Kier alpha value is -0.130. The highest BCUT2D eigenvalue weighted by Gasteiger charge is 2.27. The molecule has 1 saturated heterocycles. The molecule has 0 amide bonds. The highest BCUT2D eigenvalue weighted by Crippen LogP contribution is 2.14. The summed E-state index contributed by atoms with van der Waals surface area (Å²) in [4.78, 5) is 2.30. The molecule has 1 rings (SSSR count). The molecule has 2 atom stereocenters. The number of rotatable bonds is 6. The Morgan fingerprint density at radius 1 is 1.41 bits per heavy atom.